The molecule has 2 N–H and O–H groups in total. The average Bonchev–Trinajstić information content (AvgIpc) is 2.42. The molecule has 0 spiro atoms. The number of urea groups is 1. The van der Waals surface area contributed by atoms with Crippen LogP contribution in [0.3, 0.4) is 0 Å². The zero-order valence-corrected chi connectivity index (χ0v) is 11.7. The maximum absolute atomic E-state index is 11.9. The first-order chi connectivity index (χ1) is 9.16. The smallest absolute Gasteiger partial charge is 0.319 e. The van der Waals surface area contributed by atoms with E-state index in [0.29, 0.717) is 5.92 Å². The Morgan fingerprint density at radius 3 is 2.53 bits per heavy atom. The van der Waals surface area contributed by atoms with Crippen molar-refractivity contribution in [3.05, 3.63) is 29.3 Å². The molecule has 1 fully saturated rings. The lowest BCUT2D eigenvalue weighted by Gasteiger charge is -2.22. The molecule has 1 saturated heterocycles. The second kappa shape index (κ2) is 6.57. The lowest BCUT2D eigenvalue weighted by atomic mass is 10.0. The number of hydrogen-bond donors (Lipinski definition) is 2. The van der Waals surface area contributed by atoms with Crippen molar-refractivity contribution in [2.24, 2.45) is 5.92 Å². The Morgan fingerprint density at radius 2 is 1.89 bits per heavy atom. The maximum Gasteiger partial charge on any atom is 0.319 e. The highest BCUT2D eigenvalue weighted by Crippen LogP contribution is 2.19. The summed E-state index contributed by atoms with van der Waals surface area (Å²) in [6, 6.07) is 5.88. The fourth-order valence-electron chi connectivity index (χ4n) is 2.36. The number of aryl methyl sites for hydroxylation is 2. The van der Waals surface area contributed by atoms with Crippen molar-refractivity contribution in [1.82, 2.24) is 5.32 Å². The fraction of sp³-hybridized carbons (Fsp3) is 0.533. The summed E-state index contributed by atoms with van der Waals surface area (Å²) >= 11 is 0. The lowest BCUT2D eigenvalue weighted by molar-refractivity contribution is 0.0671. The molecule has 104 valence electrons. The first-order valence-electron chi connectivity index (χ1n) is 6.85. The van der Waals surface area contributed by atoms with Gasteiger partial charge < -0.3 is 15.4 Å². The van der Waals surface area contributed by atoms with E-state index in [1.54, 1.807) is 0 Å². The first kappa shape index (κ1) is 13.9. The highest BCUT2D eigenvalue weighted by molar-refractivity contribution is 5.90. The first-order valence-corrected chi connectivity index (χ1v) is 6.85. The van der Waals surface area contributed by atoms with Crippen LogP contribution in [0.25, 0.3) is 0 Å². The molecular weight excluding hydrogens is 240 g/mol. The molecule has 1 aliphatic rings. The maximum atomic E-state index is 11.9. The van der Waals surface area contributed by atoms with Crippen LogP contribution in [0.1, 0.15) is 24.0 Å². The van der Waals surface area contributed by atoms with Gasteiger partial charge in [0.05, 0.1) is 0 Å². The molecule has 4 heteroatoms. The highest BCUT2D eigenvalue weighted by atomic mass is 16.5. The van der Waals surface area contributed by atoms with Crippen LogP contribution in [0.2, 0.25) is 0 Å². The van der Waals surface area contributed by atoms with Crippen LogP contribution in [0, 0.1) is 19.8 Å². The minimum Gasteiger partial charge on any atom is -0.381 e. The van der Waals surface area contributed by atoms with Gasteiger partial charge in [-0.1, -0.05) is 18.2 Å². The Hall–Kier alpha value is -1.55. The van der Waals surface area contributed by atoms with Gasteiger partial charge in [-0.15, -0.1) is 0 Å². The molecule has 0 aromatic heterocycles. The van der Waals surface area contributed by atoms with Gasteiger partial charge in [-0.25, -0.2) is 4.79 Å². The number of hydrogen-bond acceptors (Lipinski definition) is 2. The van der Waals surface area contributed by atoms with Gasteiger partial charge in [0.1, 0.15) is 0 Å². The number of anilines is 1. The highest BCUT2D eigenvalue weighted by Gasteiger charge is 2.15. The van der Waals surface area contributed by atoms with Gasteiger partial charge in [-0.3, -0.25) is 0 Å². The van der Waals surface area contributed by atoms with Crippen LogP contribution in [0.15, 0.2) is 18.2 Å². The number of nitrogens with one attached hydrogen (secondary N) is 2. The van der Waals surface area contributed by atoms with Gasteiger partial charge in [0.25, 0.3) is 0 Å². The van der Waals surface area contributed by atoms with Crippen LogP contribution < -0.4 is 10.6 Å². The van der Waals surface area contributed by atoms with Crippen molar-refractivity contribution in [3.63, 3.8) is 0 Å². The molecule has 1 aromatic rings. The molecule has 1 aromatic carbocycles. The summed E-state index contributed by atoms with van der Waals surface area (Å²) in [5.74, 6) is 0.539. The minimum atomic E-state index is -0.121. The van der Waals surface area contributed by atoms with Gasteiger partial charge >= 0.3 is 6.03 Å². The molecule has 0 aliphatic carbocycles. The van der Waals surface area contributed by atoms with E-state index in [1.165, 1.54) is 0 Å². The summed E-state index contributed by atoms with van der Waals surface area (Å²) < 4.78 is 5.31. The van der Waals surface area contributed by atoms with E-state index in [1.807, 2.05) is 32.0 Å². The van der Waals surface area contributed by atoms with Gasteiger partial charge in [0, 0.05) is 25.4 Å². The predicted octanol–water partition coefficient (Wildman–Crippen LogP) is 2.85. The molecular formula is C15H22N2O2. The van der Waals surface area contributed by atoms with Gasteiger partial charge in [0.15, 0.2) is 0 Å². The van der Waals surface area contributed by atoms with E-state index in [9.17, 15) is 4.79 Å². The Morgan fingerprint density at radius 1 is 1.26 bits per heavy atom. The van der Waals surface area contributed by atoms with Crippen molar-refractivity contribution < 1.29 is 9.53 Å². The molecule has 0 unspecified atom stereocenters. The van der Waals surface area contributed by atoms with Gasteiger partial charge in [-0.05, 0) is 43.7 Å². The van der Waals surface area contributed by atoms with Gasteiger partial charge in [-0.2, -0.15) is 0 Å². The molecule has 2 amide bonds. The zero-order chi connectivity index (χ0) is 13.7. The van der Waals surface area contributed by atoms with Crippen molar-refractivity contribution in [2.45, 2.75) is 26.7 Å². The van der Waals surface area contributed by atoms with Crippen molar-refractivity contribution in [2.75, 3.05) is 25.1 Å². The molecule has 0 bridgehead atoms. The van der Waals surface area contributed by atoms with Gasteiger partial charge in [0.2, 0.25) is 0 Å². The summed E-state index contributed by atoms with van der Waals surface area (Å²) in [4.78, 5) is 11.9. The van der Waals surface area contributed by atoms with E-state index in [4.69, 9.17) is 4.74 Å². The van der Waals surface area contributed by atoms with Crippen molar-refractivity contribution in [3.8, 4) is 0 Å². The monoisotopic (exact) mass is 262 g/mol. The van der Waals surface area contributed by atoms with E-state index in [2.05, 4.69) is 10.6 Å². The summed E-state index contributed by atoms with van der Waals surface area (Å²) in [6.07, 6.45) is 2.06. The number of ether oxygens (including phenoxy) is 1. The second-order valence-electron chi connectivity index (χ2n) is 5.16. The van der Waals surface area contributed by atoms with Crippen LogP contribution in [0.5, 0.6) is 0 Å². The molecule has 0 saturated carbocycles. The Labute approximate surface area is 114 Å². The number of benzene rings is 1. The third kappa shape index (κ3) is 3.96. The molecule has 2 rings (SSSR count). The lowest BCUT2D eigenvalue weighted by Crippen LogP contribution is -2.35. The fourth-order valence-corrected chi connectivity index (χ4v) is 2.36. The molecule has 19 heavy (non-hydrogen) atoms. The van der Waals surface area contributed by atoms with E-state index < -0.39 is 0 Å². The van der Waals surface area contributed by atoms with Crippen LogP contribution in [0.4, 0.5) is 10.5 Å². The summed E-state index contributed by atoms with van der Waals surface area (Å²) in [6.45, 7) is 6.35. The standard InChI is InChI=1S/C15H22N2O2/c1-11-4-3-5-12(2)14(11)17-15(18)16-10-13-6-8-19-9-7-13/h3-5,13H,6-10H2,1-2H3,(H2,16,17,18). The van der Waals surface area contributed by atoms with Crippen molar-refractivity contribution >= 4 is 11.7 Å². The number of amides is 2. The minimum absolute atomic E-state index is 0.121. The third-order valence-corrected chi connectivity index (χ3v) is 3.61. The molecule has 4 nitrogen and oxygen atoms in total. The SMILES string of the molecule is Cc1cccc(C)c1NC(=O)NCC1CCOCC1. The number of para-hydroxylation sites is 1. The van der Waals surface area contributed by atoms with Crippen LogP contribution >= 0.6 is 0 Å². The average molecular weight is 262 g/mol. The van der Waals surface area contributed by atoms with E-state index in [0.717, 1.165) is 49.4 Å². The molecule has 1 aliphatic heterocycles. The predicted molar refractivity (Wildman–Crippen MR) is 76.5 cm³/mol. The summed E-state index contributed by atoms with van der Waals surface area (Å²) in [5.41, 5.74) is 3.08. The van der Waals surface area contributed by atoms with Crippen molar-refractivity contribution in [1.29, 1.82) is 0 Å². The topological polar surface area (TPSA) is 50.4 Å². The Balaban J connectivity index is 1.83. The normalized spacial score (nSPS) is 16.1. The second-order valence-corrected chi connectivity index (χ2v) is 5.16. The molecule has 0 atom stereocenters. The van der Waals surface area contributed by atoms with E-state index in [-0.39, 0.29) is 6.03 Å². The number of carbonyl (C=O) groups is 1. The summed E-state index contributed by atoms with van der Waals surface area (Å²) in [7, 11) is 0. The quantitative estimate of drug-likeness (QED) is 0.880. The third-order valence-electron chi connectivity index (χ3n) is 3.61. The number of carbonyl (C=O) groups excluding carboxylic acids is 1. The Kier molecular flexibility index (Phi) is 4.80. The molecule has 1 heterocycles. The Bertz CT molecular complexity index is 420. The number of rotatable bonds is 3. The summed E-state index contributed by atoms with van der Waals surface area (Å²) in [5, 5.41) is 5.89. The van der Waals surface area contributed by atoms with Crippen LogP contribution in [-0.4, -0.2) is 25.8 Å². The molecule has 0 radical (unpaired) electrons. The largest absolute Gasteiger partial charge is 0.381 e. The zero-order valence-electron chi connectivity index (χ0n) is 11.7. The van der Waals surface area contributed by atoms with Crippen LogP contribution in [-0.2, 0) is 4.74 Å². The van der Waals surface area contributed by atoms with E-state index >= 15 is 0 Å².